The van der Waals surface area contributed by atoms with Gasteiger partial charge >= 0.3 is 6.18 Å². The van der Waals surface area contributed by atoms with Crippen LogP contribution in [0, 0.1) is 0 Å². The summed E-state index contributed by atoms with van der Waals surface area (Å²) in [5.74, 6) is -1.56. The Morgan fingerprint density at radius 2 is 2.00 bits per heavy atom. The molecule has 1 aromatic carbocycles. The summed E-state index contributed by atoms with van der Waals surface area (Å²) in [5.41, 5.74) is -1.41. The lowest BCUT2D eigenvalue weighted by atomic mass is 9.92. The predicted molar refractivity (Wildman–Crippen MR) is 129 cm³/mol. The lowest BCUT2D eigenvalue weighted by molar-refractivity contribution is -0.137. The Morgan fingerprint density at radius 3 is 2.61 bits per heavy atom. The second-order valence-electron chi connectivity index (χ2n) is 8.48. The second-order valence-corrected chi connectivity index (χ2v) is 10.2. The number of alkyl halides is 3. The molecule has 2 fully saturated rings. The highest BCUT2D eigenvalue weighted by Crippen LogP contribution is 2.38. The van der Waals surface area contributed by atoms with E-state index >= 15 is 0 Å². The fourth-order valence-corrected chi connectivity index (χ4v) is 4.84. The molecule has 0 spiro atoms. The number of benzene rings is 1. The van der Waals surface area contributed by atoms with Crippen LogP contribution in [0.4, 0.5) is 24.5 Å². The number of nitrogens with one attached hydrogen (secondary N) is 3. The largest absolute Gasteiger partial charge is 0.418 e. The average molecular weight is 545 g/mol. The number of hydrogen-bond acceptors (Lipinski definition) is 6. The Balaban J connectivity index is 1.49. The van der Waals surface area contributed by atoms with Gasteiger partial charge in [-0.05, 0) is 43.2 Å². The van der Waals surface area contributed by atoms with E-state index < -0.39 is 35.5 Å². The molecule has 1 aromatic heterocycles. The molecular weight excluding hydrogens is 521 g/mol. The van der Waals surface area contributed by atoms with E-state index in [-0.39, 0.29) is 43.7 Å². The molecule has 1 saturated carbocycles. The summed E-state index contributed by atoms with van der Waals surface area (Å²) in [4.78, 5) is 39.0. The van der Waals surface area contributed by atoms with Crippen LogP contribution in [-0.2, 0) is 20.5 Å². The highest BCUT2D eigenvalue weighted by Gasteiger charge is 2.37. The van der Waals surface area contributed by atoms with Gasteiger partial charge in [0.05, 0.1) is 27.1 Å². The van der Waals surface area contributed by atoms with E-state index in [2.05, 4.69) is 16.0 Å². The molecule has 1 aliphatic carbocycles. The number of halogens is 4. The van der Waals surface area contributed by atoms with Crippen LogP contribution in [0.5, 0.6) is 0 Å². The molecule has 4 rings (SSSR count). The molecule has 13 heteroatoms. The molecule has 0 bridgehead atoms. The van der Waals surface area contributed by atoms with Gasteiger partial charge in [0.1, 0.15) is 12.6 Å². The van der Waals surface area contributed by atoms with Crippen molar-refractivity contribution in [2.45, 2.75) is 37.5 Å². The first kappa shape index (κ1) is 26.4. The Kier molecular flexibility index (Phi) is 8.18. The van der Waals surface area contributed by atoms with E-state index in [1.807, 2.05) is 0 Å². The highest BCUT2D eigenvalue weighted by atomic mass is 35.5. The van der Waals surface area contributed by atoms with E-state index in [0.717, 1.165) is 41.6 Å². The summed E-state index contributed by atoms with van der Waals surface area (Å²) >= 11 is 6.97. The van der Waals surface area contributed by atoms with Gasteiger partial charge < -0.3 is 25.6 Å². The third-order valence-corrected chi connectivity index (χ3v) is 7.20. The number of carbonyl (C=O) groups is 3. The summed E-state index contributed by atoms with van der Waals surface area (Å²) in [5, 5.41) is 8.36. The molecule has 0 unspecified atom stereocenters. The van der Waals surface area contributed by atoms with Crippen molar-refractivity contribution >= 4 is 52.0 Å². The van der Waals surface area contributed by atoms with E-state index in [9.17, 15) is 27.6 Å². The predicted octanol–water partition coefficient (Wildman–Crippen LogP) is 3.66. The van der Waals surface area contributed by atoms with Gasteiger partial charge in [-0.2, -0.15) is 13.2 Å². The molecule has 2 heterocycles. The Hall–Kier alpha value is -2.67. The first-order chi connectivity index (χ1) is 17.1. The van der Waals surface area contributed by atoms with Crippen molar-refractivity contribution in [1.82, 2.24) is 10.6 Å². The minimum Gasteiger partial charge on any atom is -0.370 e. The molecular formula is C23H24ClF3N4O4S. The topological polar surface area (TPSA) is 99.8 Å². The average Bonchev–Trinajstić information content (AvgIpc) is 3.24. The fraction of sp³-hybridized carbons (Fsp3) is 0.435. The van der Waals surface area contributed by atoms with E-state index in [1.165, 1.54) is 12.1 Å². The van der Waals surface area contributed by atoms with Crippen molar-refractivity contribution in [2.75, 3.05) is 36.5 Å². The van der Waals surface area contributed by atoms with Crippen molar-refractivity contribution < 1.29 is 32.3 Å². The molecule has 2 aliphatic rings. The summed E-state index contributed by atoms with van der Waals surface area (Å²) in [6.45, 7) is -0.244. The zero-order valence-electron chi connectivity index (χ0n) is 19.0. The minimum atomic E-state index is -4.76. The van der Waals surface area contributed by atoms with E-state index in [1.54, 1.807) is 12.1 Å². The maximum absolute atomic E-state index is 13.9. The van der Waals surface area contributed by atoms with Crippen LogP contribution in [0.3, 0.4) is 0 Å². The molecule has 3 N–H and O–H groups in total. The van der Waals surface area contributed by atoms with Crippen molar-refractivity contribution in [3.8, 4) is 0 Å². The summed E-state index contributed by atoms with van der Waals surface area (Å²) in [7, 11) is 0. The maximum atomic E-state index is 13.9. The van der Waals surface area contributed by atoms with E-state index in [0.29, 0.717) is 9.21 Å². The number of rotatable bonds is 8. The summed E-state index contributed by atoms with van der Waals surface area (Å²) in [6.07, 6.45) is -2.03. The number of hydrogen-bond donors (Lipinski definition) is 3. The third-order valence-electron chi connectivity index (χ3n) is 5.97. The molecule has 3 amide bonds. The van der Waals surface area contributed by atoms with Crippen LogP contribution in [0.25, 0.3) is 0 Å². The van der Waals surface area contributed by atoms with Gasteiger partial charge in [-0.25, -0.2) is 0 Å². The Morgan fingerprint density at radius 1 is 1.22 bits per heavy atom. The molecule has 1 atom stereocenters. The molecule has 36 heavy (non-hydrogen) atoms. The number of anilines is 2. The van der Waals surface area contributed by atoms with Gasteiger partial charge in [0.2, 0.25) is 5.91 Å². The normalized spacial score (nSPS) is 17.4. The van der Waals surface area contributed by atoms with Crippen LogP contribution in [-0.4, -0.2) is 56.1 Å². The first-order valence-corrected chi connectivity index (χ1v) is 12.5. The third kappa shape index (κ3) is 6.36. The molecule has 2 aromatic rings. The van der Waals surface area contributed by atoms with E-state index in [4.69, 9.17) is 16.3 Å². The number of thiophene rings is 1. The SMILES string of the molecule is O=C(NC[C@@H](NC1CCC1)C(=O)Nc1ccc(N2CCOCC2=O)c(C(F)(F)F)c1)c1ccc(Cl)s1. The van der Waals surface area contributed by atoms with Crippen LogP contribution >= 0.6 is 22.9 Å². The van der Waals surface area contributed by atoms with Gasteiger partial charge in [0.25, 0.3) is 11.8 Å². The molecule has 1 aliphatic heterocycles. The van der Waals surface area contributed by atoms with Crippen molar-refractivity contribution in [2.24, 2.45) is 0 Å². The smallest absolute Gasteiger partial charge is 0.370 e. The lowest BCUT2D eigenvalue weighted by Gasteiger charge is -2.31. The quantitative estimate of drug-likeness (QED) is 0.471. The monoisotopic (exact) mass is 544 g/mol. The molecule has 0 radical (unpaired) electrons. The Labute approximate surface area is 214 Å². The van der Waals surface area contributed by atoms with Crippen molar-refractivity contribution in [3.63, 3.8) is 0 Å². The first-order valence-electron chi connectivity index (χ1n) is 11.3. The van der Waals surface area contributed by atoms with Crippen LogP contribution < -0.4 is 20.9 Å². The summed E-state index contributed by atoms with van der Waals surface area (Å²) in [6, 6.07) is 5.65. The van der Waals surface area contributed by atoms with Gasteiger partial charge in [-0.1, -0.05) is 18.0 Å². The Bertz CT molecular complexity index is 1140. The number of carbonyl (C=O) groups excluding carboxylic acids is 3. The number of nitrogens with zero attached hydrogens (tertiary/aromatic N) is 1. The van der Waals surface area contributed by atoms with Gasteiger partial charge in [-0.3, -0.25) is 14.4 Å². The molecule has 8 nitrogen and oxygen atoms in total. The minimum absolute atomic E-state index is 0.00382. The molecule has 194 valence electrons. The zero-order chi connectivity index (χ0) is 25.9. The zero-order valence-corrected chi connectivity index (χ0v) is 20.6. The van der Waals surface area contributed by atoms with Gasteiger partial charge in [0.15, 0.2) is 0 Å². The molecule has 1 saturated heterocycles. The lowest BCUT2D eigenvalue weighted by Crippen LogP contribution is -2.53. The number of ether oxygens (including phenoxy) is 1. The van der Waals surface area contributed by atoms with Crippen LogP contribution in [0.1, 0.15) is 34.5 Å². The van der Waals surface area contributed by atoms with Gasteiger partial charge in [-0.15, -0.1) is 11.3 Å². The van der Waals surface area contributed by atoms with Crippen LogP contribution in [0.2, 0.25) is 4.34 Å². The number of amides is 3. The van der Waals surface area contributed by atoms with Crippen molar-refractivity contribution in [3.05, 3.63) is 45.1 Å². The fourth-order valence-electron chi connectivity index (χ4n) is 3.88. The van der Waals surface area contributed by atoms with Gasteiger partial charge in [0, 0.05) is 24.8 Å². The van der Waals surface area contributed by atoms with Crippen molar-refractivity contribution in [1.29, 1.82) is 0 Å². The second kappa shape index (κ2) is 11.2. The number of morpholine rings is 1. The standard InChI is InChI=1S/C23H24ClF3N4O4S/c24-19-7-6-18(36-19)22(34)28-11-16(29-13-2-1-3-13)21(33)30-14-4-5-17(15(10-14)23(25,26)27)31-8-9-35-12-20(31)32/h4-7,10,13,16,29H,1-3,8-9,11-12H2,(H,28,34)(H,30,33)/t16-/m1/s1. The summed E-state index contributed by atoms with van der Waals surface area (Å²) < 4.78 is 47.0. The van der Waals surface area contributed by atoms with Crippen LogP contribution in [0.15, 0.2) is 30.3 Å². The maximum Gasteiger partial charge on any atom is 0.418 e. The highest BCUT2D eigenvalue weighted by molar-refractivity contribution is 7.18.